The lowest BCUT2D eigenvalue weighted by atomic mass is 9.87. The smallest absolute Gasteiger partial charge is 0.251 e. The highest BCUT2D eigenvalue weighted by Crippen LogP contribution is 2.30. The molecule has 2 amide bonds. The zero-order valence-corrected chi connectivity index (χ0v) is 17.3. The molecule has 1 atom stereocenters. The normalized spacial score (nSPS) is 15.9. The molecule has 28 heavy (non-hydrogen) atoms. The third-order valence-corrected chi connectivity index (χ3v) is 5.74. The molecule has 0 bridgehead atoms. The summed E-state index contributed by atoms with van der Waals surface area (Å²) >= 11 is 3.34. The monoisotopic (exact) mass is 444 g/mol. The van der Waals surface area contributed by atoms with Gasteiger partial charge >= 0.3 is 0 Å². The van der Waals surface area contributed by atoms with Crippen LogP contribution in [0.5, 0.6) is 0 Å². The summed E-state index contributed by atoms with van der Waals surface area (Å²) in [5.74, 6) is 0.0392. The van der Waals surface area contributed by atoms with Gasteiger partial charge in [-0.05, 0) is 48.6 Å². The van der Waals surface area contributed by atoms with Gasteiger partial charge in [-0.1, -0.05) is 46.3 Å². The van der Waals surface area contributed by atoms with E-state index in [1.807, 2.05) is 47.4 Å². The third kappa shape index (κ3) is 5.42. The van der Waals surface area contributed by atoms with Crippen molar-refractivity contribution >= 4 is 27.7 Å². The first kappa shape index (κ1) is 20.6. The second kappa shape index (κ2) is 9.85. The molecular formula is C22H25BrN2O3. The number of piperidine rings is 1. The van der Waals surface area contributed by atoms with Crippen LogP contribution in [-0.4, -0.2) is 41.5 Å². The number of carbonyl (C=O) groups is 2. The molecular weight excluding hydrogens is 420 g/mol. The molecule has 1 aliphatic rings. The van der Waals surface area contributed by atoms with Crippen LogP contribution in [0, 0.1) is 5.92 Å². The highest BCUT2D eigenvalue weighted by molar-refractivity contribution is 9.10. The average Bonchev–Trinajstić information content (AvgIpc) is 2.74. The molecule has 5 nitrogen and oxygen atoms in total. The standard InChI is InChI=1S/C22H25BrN2O3/c23-19-8-6-18(7-9-19)22(28)24-13-10-20(26)25-14-11-17(12-15-25)21(27)16-4-2-1-3-5-16/h1-9,17,21,27H,10-15H2,(H,24,28). The van der Waals surface area contributed by atoms with E-state index < -0.39 is 6.10 Å². The second-order valence-corrected chi connectivity index (χ2v) is 8.00. The lowest BCUT2D eigenvalue weighted by Gasteiger charge is -2.34. The highest BCUT2D eigenvalue weighted by Gasteiger charge is 2.28. The van der Waals surface area contributed by atoms with Gasteiger partial charge in [0, 0.05) is 36.1 Å². The molecule has 0 radical (unpaired) electrons. The van der Waals surface area contributed by atoms with E-state index in [4.69, 9.17) is 0 Å². The van der Waals surface area contributed by atoms with Gasteiger partial charge in [-0.2, -0.15) is 0 Å². The van der Waals surface area contributed by atoms with E-state index in [9.17, 15) is 14.7 Å². The molecule has 0 aliphatic carbocycles. The number of benzene rings is 2. The maximum atomic E-state index is 12.4. The van der Waals surface area contributed by atoms with Gasteiger partial charge in [0.25, 0.3) is 5.91 Å². The quantitative estimate of drug-likeness (QED) is 0.715. The number of carbonyl (C=O) groups excluding carboxylic acids is 2. The van der Waals surface area contributed by atoms with Crippen molar-refractivity contribution in [3.05, 3.63) is 70.2 Å². The topological polar surface area (TPSA) is 69.6 Å². The van der Waals surface area contributed by atoms with E-state index >= 15 is 0 Å². The molecule has 1 unspecified atom stereocenters. The van der Waals surface area contributed by atoms with Crippen molar-refractivity contribution in [2.24, 2.45) is 5.92 Å². The van der Waals surface area contributed by atoms with Gasteiger partial charge in [0.2, 0.25) is 5.91 Å². The predicted octanol–water partition coefficient (Wildman–Crippen LogP) is 3.54. The molecule has 0 saturated carbocycles. The zero-order valence-electron chi connectivity index (χ0n) is 15.7. The van der Waals surface area contributed by atoms with Gasteiger partial charge in [-0.3, -0.25) is 9.59 Å². The largest absolute Gasteiger partial charge is 0.388 e. The number of nitrogens with one attached hydrogen (secondary N) is 1. The lowest BCUT2D eigenvalue weighted by Crippen LogP contribution is -2.41. The van der Waals surface area contributed by atoms with Crippen LogP contribution in [0.1, 0.15) is 41.3 Å². The zero-order chi connectivity index (χ0) is 19.9. The molecule has 2 N–H and O–H groups in total. The van der Waals surface area contributed by atoms with E-state index in [1.54, 1.807) is 12.1 Å². The van der Waals surface area contributed by atoms with Crippen LogP contribution < -0.4 is 5.32 Å². The maximum absolute atomic E-state index is 12.4. The fraction of sp³-hybridized carbons (Fsp3) is 0.364. The molecule has 1 aliphatic heterocycles. The second-order valence-electron chi connectivity index (χ2n) is 7.09. The Morgan fingerprint density at radius 3 is 2.36 bits per heavy atom. The Kier molecular flexibility index (Phi) is 7.23. The number of halogens is 1. The van der Waals surface area contributed by atoms with Crippen LogP contribution in [0.25, 0.3) is 0 Å². The van der Waals surface area contributed by atoms with Gasteiger partial charge in [0.1, 0.15) is 0 Å². The number of nitrogens with zero attached hydrogens (tertiary/aromatic N) is 1. The summed E-state index contributed by atoms with van der Waals surface area (Å²) in [5, 5.41) is 13.3. The summed E-state index contributed by atoms with van der Waals surface area (Å²) in [6, 6.07) is 16.8. The van der Waals surface area contributed by atoms with Crippen molar-refractivity contribution in [2.45, 2.75) is 25.4 Å². The first-order chi connectivity index (χ1) is 13.5. The first-order valence-corrected chi connectivity index (χ1v) is 10.4. The third-order valence-electron chi connectivity index (χ3n) is 5.21. The van der Waals surface area contributed by atoms with Crippen molar-refractivity contribution in [3.63, 3.8) is 0 Å². The van der Waals surface area contributed by atoms with Crippen LogP contribution in [0.4, 0.5) is 0 Å². The van der Waals surface area contributed by atoms with Crippen LogP contribution >= 0.6 is 15.9 Å². The minimum absolute atomic E-state index is 0.0451. The van der Waals surface area contributed by atoms with Crippen molar-refractivity contribution in [3.8, 4) is 0 Å². The molecule has 148 valence electrons. The van der Waals surface area contributed by atoms with Gasteiger partial charge in [0.05, 0.1) is 6.10 Å². The van der Waals surface area contributed by atoms with E-state index in [2.05, 4.69) is 21.2 Å². The predicted molar refractivity (Wildman–Crippen MR) is 112 cm³/mol. The van der Waals surface area contributed by atoms with Crippen LogP contribution in [0.2, 0.25) is 0 Å². The first-order valence-electron chi connectivity index (χ1n) is 9.59. The average molecular weight is 445 g/mol. The fourth-order valence-corrected chi connectivity index (χ4v) is 3.80. The maximum Gasteiger partial charge on any atom is 0.251 e. The number of likely N-dealkylation sites (tertiary alicyclic amines) is 1. The molecule has 0 spiro atoms. The Hall–Kier alpha value is -2.18. The summed E-state index contributed by atoms with van der Waals surface area (Å²) in [6.07, 6.45) is 1.37. The van der Waals surface area contributed by atoms with Gasteiger partial charge < -0.3 is 15.3 Å². The van der Waals surface area contributed by atoms with E-state index in [1.165, 1.54) is 0 Å². The molecule has 2 aromatic carbocycles. The molecule has 1 heterocycles. The van der Waals surface area contributed by atoms with Gasteiger partial charge in [0.15, 0.2) is 0 Å². The van der Waals surface area contributed by atoms with Crippen molar-refractivity contribution < 1.29 is 14.7 Å². The Bertz CT molecular complexity index is 787. The van der Waals surface area contributed by atoms with Crippen LogP contribution in [-0.2, 0) is 4.79 Å². The number of hydrogen-bond donors (Lipinski definition) is 2. The summed E-state index contributed by atoms with van der Waals surface area (Å²) < 4.78 is 0.917. The SMILES string of the molecule is O=C(NCCC(=O)N1CCC(C(O)c2ccccc2)CC1)c1ccc(Br)cc1. The minimum Gasteiger partial charge on any atom is -0.388 e. The van der Waals surface area contributed by atoms with E-state index in [-0.39, 0.29) is 24.2 Å². The van der Waals surface area contributed by atoms with Crippen molar-refractivity contribution in [1.82, 2.24) is 10.2 Å². The van der Waals surface area contributed by atoms with E-state index in [0.29, 0.717) is 25.2 Å². The Balaban J connectivity index is 1.40. The summed E-state index contributed by atoms with van der Waals surface area (Å²) in [4.78, 5) is 26.3. The van der Waals surface area contributed by atoms with Gasteiger partial charge in [-0.15, -0.1) is 0 Å². The number of hydrogen-bond acceptors (Lipinski definition) is 3. The van der Waals surface area contributed by atoms with Crippen LogP contribution in [0.3, 0.4) is 0 Å². The van der Waals surface area contributed by atoms with Crippen LogP contribution in [0.15, 0.2) is 59.1 Å². The molecule has 3 rings (SSSR count). The Morgan fingerprint density at radius 1 is 1.07 bits per heavy atom. The molecule has 1 saturated heterocycles. The lowest BCUT2D eigenvalue weighted by molar-refractivity contribution is -0.133. The summed E-state index contributed by atoms with van der Waals surface area (Å²) in [7, 11) is 0. The van der Waals surface area contributed by atoms with Gasteiger partial charge in [-0.25, -0.2) is 0 Å². The minimum atomic E-state index is -0.483. The molecule has 6 heteroatoms. The highest BCUT2D eigenvalue weighted by atomic mass is 79.9. The summed E-state index contributed by atoms with van der Waals surface area (Å²) in [6.45, 7) is 1.61. The number of amides is 2. The summed E-state index contributed by atoms with van der Waals surface area (Å²) in [5.41, 5.74) is 1.51. The number of aliphatic hydroxyl groups is 1. The molecule has 1 fully saturated rings. The Morgan fingerprint density at radius 2 is 1.71 bits per heavy atom. The Labute approximate surface area is 173 Å². The number of aliphatic hydroxyl groups excluding tert-OH is 1. The van der Waals surface area contributed by atoms with Crippen molar-refractivity contribution in [2.75, 3.05) is 19.6 Å². The van der Waals surface area contributed by atoms with Crippen molar-refractivity contribution in [1.29, 1.82) is 0 Å². The van der Waals surface area contributed by atoms with E-state index in [0.717, 1.165) is 22.9 Å². The molecule has 0 aromatic heterocycles. The number of rotatable bonds is 6. The fourth-order valence-electron chi connectivity index (χ4n) is 3.53. The molecule has 2 aromatic rings.